The number of carbonyl (C=O) groups excluding carboxylic acids is 1. The van der Waals surface area contributed by atoms with E-state index in [2.05, 4.69) is 33.4 Å². The van der Waals surface area contributed by atoms with Gasteiger partial charge in [0.05, 0.1) is 17.7 Å². The molecule has 3 aromatic rings. The van der Waals surface area contributed by atoms with E-state index in [4.69, 9.17) is 14.2 Å². The van der Waals surface area contributed by atoms with E-state index >= 15 is 0 Å². The number of carbonyl (C=O) groups is 1. The Morgan fingerprint density at radius 3 is 2.37 bits per heavy atom. The van der Waals surface area contributed by atoms with E-state index in [1.807, 2.05) is 42.5 Å². The summed E-state index contributed by atoms with van der Waals surface area (Å²) in [4.78, 5) is 12.5. The maximum absolute atomic E-state index is 12.5. The average molecular weight is 470 g/mol. The van der Waals surface area contributed by atoms with Gasteiger partial charge in [-0.3, -0.25) is 4.79 Å². The number of nitrogens with one attached hydrogen (secondary N) is 1. The molecular formula is C24H24BrNO4. The predicted molar refractivity (Wildman–Crippen MR) is 122 cm³/mol. The molecule has 0 radical (unpaired) electrons. The highest BCUT2D eigenvalue weighted by Gasteiger charge is 2.10. The minimum Gasteiger partial charge on any atom is -0.493 e. The summed E-state index contributed by atoms with van der Waals surface area (Å²) in [6, 6.07) is 22.8. The van der Waals surface area contributed by atoms with Crippen LogP contribution in [0.25, 0.3) is 0 Å². The minimum atomic E-state index is -0.197. The highest BCUT2D eigenvalue weighted by Crippen LogP contribution is 2.26. The first-order valence-electron chi connectivity index (χ1n) is 9.65. The van der Waals surface area contributed by atoms with Crippen LogP contribution in [0, 0.1) is 0 Å². The fourth-order valence-corrected chi connectivity index (χ4v) is 3.26. The Morgan fingerprint density at radius 2 is 1.67 bits per heavy atom. The molecule has 0 saturated carbocycles. The quantitative estimate of drug-likeness (QED) is 0.406. The van der Waals surface area contributed by atoms with Crippen molar-refractivity contribution in [3.05, 3.63) is 88.4 Å². The van der Waals surface area contributed by atoms with Crippen molar-refractivity contribution >= 4 is 27.5 Å². The fraction of sp³-hybridized carbons (Fsp3) is 0.208. The molecule has 5 nitrogen and oxygen atoms in total. The first-order chi connectivity index (χ1) is 14.7. The Labute approximate surface area is 185 Å². The third kappa shape index (κ3) is 6.61. The van der Waals surface area contributed by atoms with Crippen LogP contribution in [0.5, 0.6) is 11.5 Å². The standard InChI is InChI=1S/C24H24BrNO4/c1-28-15-16-30-23-12-7-19(17-22(23)25)24(27)26-20-8-10-21(11-9-20)29-14-13-18-5-3-2-4-6-18/h2-12,17H,13-16H2,1H3,(H,26,27). The van der Waals surface area contributed by atoms with Gasteiger partial charge >= 0.3 is 0 Å². The van der Waals surface area contributed by atoms with Crippen molar-refractivity contribution in [3.63, 3.8) is 0 Å². The van der Waals surface area contributed by atoms with Crippen molar-refractivity contribution < 1.29 is 19.0 Å². The lowest BCUT2D eigenvalue weighted by molar-refractivity contribution is 0.102. The van der Waals surface area contributed by atoms with Gasteiger partial charge in [0.2, 0.25) is 0 Å². The largest absolute Gasteiger partial charge is 0.493 e. The van der Waals surface area contributed by atoms with Crippen LogP contribution in [0.15, 0.2) is 77.3 Å². The SMILES string of the molecule is COCCOc1ccc(C(=O)Nc2ccc(OCCc3ccccc3)cc2)cc1Br. The summed E-state index contributed by atoms with van der Waals surface area (Å²) in [7, 11) is 1.62. The van der Waals surface area contributed by atoms with Crippen LogP contribution >= 0.6 is 15.9 Å². The van der Waals surface area contributed by atoms with E-state index in [1.54, 1.807) is 25.3 Å². The summed E-state index contributed by atoms with van der Waals surface area (Å²) in [5.74, 6) is 1.24. The molecule has 0 aliphatic rings. The van der Waals surface area contributed by atoms with Gasteiger partial charge in [-0.15, -0.1) is 0 Å². The number of anilines is 1. The zero-order chi connectivity index (χ0) is 21.2. The van der Waals surface area contributed by atoms with E-state index in [0.717, 1.165) is 12.2 Å². The summed E-state index contributed by atoms with van der Waals surface area (Å²) >= 11 is 3.44. The van der Waals surface area contributed by atoms with E-state index in [9.17, 15) is 4.79 Å². The Hall–Kier alpha value is -2.83. The van der Waals surface area contributed by atoms with Gasteiger partial charge in [-0.25, -0.2) is 0 Å². The third-order valence-corrected chi connectivity index (χ3v) is 4.97. The molecule has 156 valence electrons. The molecule has 0 spiro atoms. The summed E-state index contributed by atoms with van der Waals surface area (Å²) in [6.45, 7) is 1.55. The molecule has 0 atom stereocenters. The summed E-state index contributed by atoms with van der Waals surface area (Å²) in [5, 5.41) is 2.89. The lowest BCUT2D eigenvalue weighted by atomic mass is 10.2. The molecule has 30 heavy (non-hydrogen) atoms. The van der Waals surface area contributed by atoms with Gasteiger partial charge in [-0.2, -0.15) is 0 Å². The van der Waals surface area contributed by atoms with Crippen LogP contribution in [0.2, 0.25) is 0 Å². The summed E-state index contributed by atoms with van der Waals surface area (Å²) in [5.41, 5.74) is 2.47. The molecule has 1 amide bonds. The molecule has 0 bridgehead atoms. The van der Waals surface area contributed by atoms with Gasteiger partial charge in [0.15, 0.2) is 0 Å². The van der Waals surface area contributed by atoms with Crippen LogP contribution in [0.4, 0.5) is 5.69 Å². The van der Waals surface area contributed by atoms with Crippen molar-refractivity contribution in [2.45, 2.75) is 6.42 Å². The first-order valence-corrected chi connectivity index (χ1v) is 10.4. The zero-order valence-electron chi connectivity index (χ0n) is 16.8. The Morgan fingerprint density at radius 1 is 0.900 bits per heavy atom. The van der Waals surface area contributed by atoms with Crippen molar-refractivity contribution in [1.82, 2.24) is 0 Å². The molecule has 1 N–H and O–H groups in total. The smallest absolute Gasteiger partial charge is 0.255 e. The number of ether oxygens (including phenoxy) is 3. The van der Waals surface area contributed by atoms with E-state index in [1.165, 1.54) is 5.56 Å². The fourth-order valence-electron chi connectivity index (χ4n) is 2.76. The highest BCUT2D eigenvalue weighted by molar-refractivity contribution is 9.10. The number of benzene rings is 3. The number of hydrogen-bond acceptors (Lipinski definition) is 4. The second-order valence-electron chi connectivity index (χ2n) is 6.55. The topological polar surface area (TPSA) is 56.8 Å². The third-order valence-electron chi connectivity index (χ3n) is 4.35. The number of rotatable bonds is 10. The van der Waals surface area contributed by atoms with Crippen LogP contribution in [0.1, 0.15) is 15.9 Å². The molecule has 0 unspecified atom stereocenters. The van der Waals surface area contributed by atoms with Crippen LogP contribution in [-0.4, -0.2) is 32.8 Å². The molecule has 3 rings (SSSR count). The van der Waals surface area contributed by atoms with E-state index in [0.29, 0.717) is 41.3 Å². The zero-order valence-corrected chi connectivity index (χ0v) is 18.4. The molecule has 0 fully saturated rings. The maximum atomic E-state index is 12.5. The van der Waals surface area contributed by atoms with Crippen molar-refractivity contribution in [3.8, 4) is 11.5 Å². The van der Waals surface area contributed by atoms with Crippen molar-refractivity contribution in [2.75, 3.05) is 32.2 Å². The Bertz CT molecular complexity index is 945. The van der Waals surface area contributed by atoms with Gasteiger partial charge in [0.1, 0.15) is 18.1 Å². The normalized spacial score (nSPS) is 10.5. The maximum Gasteiger partial charge on any atom is 0.255 e. The summed E-state index contributed by atoms with van der Waals surface area (Å²) < 4.78 is 17.1. The summed E-state index contributed by atoms with van der Waals surface area (Å²) in [6.07, 6.45) is 0.847. The highest BCUT2D eigenvalue weighted by atomic mass is 79.9. The van der Waals surface area contributed by atoms with Gasteiger partial charge < -0.3 is 19.5 Å². The van der Waals surface area contributed by atoms with Crippen molar-refractivity contribution in [2.24, 2.45) is 0 Å². The number of methoxy groups -OCH3 is 1. The molecule has 3 aromatic carbocycles. The Balaban J connectivity index is 1.51. The second kappa shape index (κ2) is 11.4. The first kappa shape index (κ1) is 21.9. The van der Waals surface area contributed by atoms with E-state index in [-0.39, 0.29) is 5.91 Å². The van der Waals surface area contributed by atoms with Crippen molar-refractivity contribution in [1.29, 1.82) is 0 Å². The number of hydrogen-bond donors (Lipinski definition) is 1. The molecule has 0 aliphatic heterocycles. The Kier molecular flexibility index (Phi) is 8.30. The van der Waals surface area contributed by atoms with Gasteiger partial charge in [-0.05, 0) is 64.0 Å². The minimum absolute atomic E-state index is 0.197. The number of halogens is 1. The molecule has 0 saturated heterocycles. The predicted octanol–water partition coefficient (Wildman–Crippen LogP) is 5.35. The molecule has 0 aliphatic carbocycles. The molecular weight excluding hydrogens is 446 g/mol. The molecule has 6 heteroatoms. The van der Waals surface area contributed by atoms with Crippen LogP contribution in [0.3, 0.4) is 0 Å². The average Bonchev–Trinajstić information content (AvgIpc) is 2.77. The van der Waals surface area contributed by atoms with Crippen LogP contribution in [-0.2, 0) is 11.2 Å². The number of amides is 1. The second-order valence-corrected chi connectivity index (χ2v) is 7.40. The monoisotopic (exact) mass is 469 g/mol. The van der Waals surface area contributed by atoms with Gasteiger partial charge in [0.25, 0.3) is 5.91 Å². The van der Waals surface area contributed by atoms with E-state index < -0.39 is 0 Å². The van der Waals surface area contributed by atoms with Gasteiger partial charge in [0, 0.05) is 24.8 Å². The molecule has 0 heterocycles. The molecule has 0 aromatic heterocycles. The van der Waals surface area contributed by atoms with Crippen LogP contribution < -0.4 is 14.8 Å². The lowest BCUT2D eigenvalue weighted by Crippen LogP contribution is -2.12. The lowest BCUT2D eigenvalue weighted by Gasteiger charge is -2.11. The van der Waals surface area contributed by atoms with Gasteiger partial charge in [-0.1, -0.05) is 30.3 Å².